The van der Waals surface area contributed by atoms with Gasteiger partial charge in [-0.2, -0.15) is 5.10 Å². The van der Waals surface area contributed by atoms with Gasteiger partial charge in [-0.15, -0.1) is 0 Å². The highest BCUT2D eigenvalue weighted by molar-refractivity contribution is 6.31. The minimum atomic E-state index is -0.447. The lowest BCUT2D eigenvalue weighted by atomic mass is 10.1. The summed E-state index contributed by atoms with van der Waals surface area (Å²) in [5, 5.41) is 15.4. The molecule has 1 unspecified atom stereocenters. The molecule has 0 amide bonds. The Kier molecular flexibility index (Phi) is 4.51. The molecule has 0 aliphatic rings. The molecule has 1 atom stereocenters. The number of hydrogen-bond donors (Lipinski definition) is 1. The molecule has 0 aliphatic heterocycles. The Morgan fingerprint density at radius 1 is 1.30 bits per heavy atom. The lowest BCUT2D eigenvalue weighted by molar-refractivity contribution is 0.172. The molecule has 0 fully saturated rings. The Balaban J connectivity index is 2.35. The molecule has 0 spiro atoms. The zero-order valence-electron chi connectivity index (χ0n) is 12.4. The van der Waals surface area contributed by atoms with Gasteiger partial charge in [0.1, 0.15) is 0 Å². The maximum atomic E-state index is 10.1. The summed E-state index contributed by atoms with van der Waals surface area (Å²) < 4.78 is 1.92. The predicted octanol–water partition coefficient (Wildman–Crippen LogP) is 3.95. The lowest BCUT2D eigenvalue weighted by Gasteiger charge is -2.10. The molecule has 4 heteroatoms. The summed E-state index contributed by atoms with van der Waals surface area (Å²) in [5.74, 6) is 0. The molecule has 1 aromatic carbocycles. The molecule has 0 saturated heterocycles. The van der Waals surface area contributed by atoms with Crippen molar-refractivity contribution in [3.8, 4) is 0 Å². The van der Waals surface area contributed by atoms with Crippen molar-refractivity contribution in [1.82, 2.24) is 9.78 Å². The Labute approximate surface area is 125 Å². The SMILES string of the molecule is CCC(O)c1c(C)nn(Cc2ccc(C)cc2Cl)c1C. The summed E-state index contributed by atoms with van der Waals surface area (Å²) in [4.78, 5) is 0. The predicted molar refractivity (Wildman–Crippen MR) is 82.2 cm³/mol. The van der Waals surface area contributed by atoms with Crippen LogP contribution >= 0.6 is 11.6 Å². The number of aliphatic hydroxyl groups excluding tert-OH is 1. The molecule has 2 rings (SSSR count). The number of aliphatic hydroxyl groups is 1. The average molecular weight is 293 g/mol. The molecule has 3 nitrogen and oxygen atoms in total. The van der Waals surface area contributed by atoms with Crippen LogP contribution in [0.3, 0.4) is 0 Å². The highest BCUT2D eigenvalue weighted by atomic mass is 35.5. The summed E-state index contributed by atoms with van der Waals surface area (Å²) >= 11 is 6.28. The zero-order valence-corrected chi connectivity index (χ0v) is 13.2. The van der Waals surface area contributed by atoms with Crippen molar-refractivity contribution >= 4 is 11.6 Å². The van der Waals surface area contributed by atoms with E-state index in [1.165, 1.54) is 0 Å². The Hall–Kier alpha value is -1.32. The molecule has 1 aromatic heterocycles. The normalized spacial score (nSPS) is 12.7. The fraction of sp³-hybridized carbons (Fsp3) is 0.438. The van der Waals surface area contributed by atoms with E-state index in [2.05, 4.69) is 11.2 Å². The second kappa shape index (κ2) is 5.98. The van der Waals surface area contributed by atoms with Crippen LogP contribution in [0.5, 0.6) is 0 Å². The first-order valence-corrected chi connectivity index (χ1v) is 7.28. The number of hydrogen-bond acceptors (Lipinski definition) is 2. The van der Waals surface area contributed by atoms with Gasteiger partial charge < -0.3 is 5.11 Å². The molecule has 108 valence electrons. The van der Waals surface area contributed by atoms with Gasteiger partial charge in [0.25, 0.3) is 0 Å². The van der Waals surface area contributed by atoms with Crippen LogP contribution in [0.1, 0.15) is 47.5 Å². The van der Waals surface area contributed by atoms with Crippen molar-refractivity contribution in [2.45, 2.75) is 46.8 Å². The monoisotopic (exact) mass is 292 g/mol. The zero-order chi connectivity index (χ0) is 14.9. The molecule has 0 radical (unpaired) electrons. The smallest absolute Gasteiger partial charge is 0.0823 e. The quantitative estimate of drug-likeness (QED) is 0.926. The van der Waals surface area contributed by atoms with E-state index in [1.807, 2.05) is 44.5 Å². The lowest BCUT2D eigenvalue weighted by Crippen LogP contribution is -2.06. The number of rotatable bonds is 4. The van der Waals surface area contributed by atoms with E-state index >= 15 is 0 Å². The van der Waals surface area contributed by atoms with E-state index in [0.717, 1.165) is 33.1 Å². The van der Waals surface area contributed by atoms with Crippen molar-refractivity contribution in [2.75, 3.05) is 0 Å². The number of halogens is 1. The standard InChI is InChI=1S/C16H21ClN2O/c1-5-15(20)16-11(3)18-19(12(16)4)9-13-7-6-10(2)8-14(13)17/h6-8,15,20H,5,9H2,1-4H3. The maximum Gasteiger partial charge on any atom is 0.0823 e. The maximum absolute atomic E-state index is 10.1. The van der Waals surface area contributed by atoms with Crippen LogP contribution in [0.2, 0.25) is 5.02 Å². The fourth-order valence-corrected chi connectivity index (χ4v) is 2.79. The van der Waals surface area contributed by atoms with Gasteiger partial charge in [-0.25, -0.2) is 0 Å². The fourth-order valence-electron chi connectivity index (χ4n) is 2.49. The van der Waals surface area contributed by atoms with Gasteiger partial charge in [0.2, 0.25) is 0 Å². The van der Waals surface area contributed by atoms with Gasteiger partial charge in [0.15, 0.2) is 0 Å². The first-order chi connectivity index (χ1) is 9.43. The van der Waals surface area contributed by atoms with E-state index in [0.29, 0.717) is 13.0 Å². The van der Waals surface area contributed by atoms with Crippen LogP contribution < -0.4 is 0 Å². The van der Waals surface area contributed by atoms with Crippen molar-refractivity contribution in [3.05, 3.63) is 51.3 Å². The molecule has 0 bridgehead atoms. The van der Waals surface area contributed by atoms with Gasteiger partial charge in [-0.05, 0) is 44.4 Å². The first-order valence-electron chi connectivity index (χ1n) is 6.91. The van der Waals surface area contributed by atoms with E-state index in [9.17, 15) is 5.11 Å². The molecule has 0 aliphatic carbocycles. The molecule has 0 saturated carbocycles. The third-order valence-electron chi connectivity index (χ3n) is 3.69. The Morgan fingerprint density at radius 2 is 2.00 bits per heavy atom. The minimum Gasteiger partial charge on any atom is -0.388 e. The van der Waals surface area contributed by atoms with Gasteiger partial charge >= 0.3 is 0 Å². The summed E-state index contributed by atoms with van der Waals surface area (Å²) in [6, 6.07) is 6.04. The van der Waals surface area contributed by atoms with Crippen LogP contribution in [0, 0.1) is 20.8 Å². The molecule has 1 heterocycles. The van der Waals surface area contributed by atoms with E-state index in [-0.39, 0.29) is 0 Å². The van der Waals surface area contributed by atoms with Crippen LogP contribution in [0.4, 0.5) is 0 Å². The minimum absolute atomic E-state index is 0.447. The molecular formula is C16H21ClN2O. The van der Waals surface area contributed by atoms with Crippen molar-refractivity contribution in [3.63, 3.8) is 0 Å². The highest BCUT2D eigenvalue weighted by Gasteiger charge is 2.18. The van der Waals surface area contributed by atoms with Crippen LogP contribution in [-0.2, 0) is 6.54 Å². The van der Waals surface area contributed by atoms with Gasteiger partial charge in [-0.3, -0.25) is 4.68 Å². The summed E-state index contributed by atoms with van der Waals surface area (Å²) in [6.07, 6.45) is 0.246. The van der Waals surface area contributed by atoms with Crippen LogP contribution in [0.15, 0.2) is 18.2 Å². The Bertz CT molecular complexity index is 619. The van der Waals surface area contributed by atoms with Gasteiger partial charge in [0.05, 0.1) is 18.3 Å². The summed E-state index contributed by atoms with van der Waals surface area (Å²) in [5.41, 5.74) is 5.03. The van der Waals surface area contributed by atoms with Crippen LogP contribution in [-0.4, -0.2) is 14.9 Å². The number of benzene rings is 1. The third kappa shape index (κ3) is 2.89. The first kappa shape index (κ1) is 15.1. The number of aromatic nitrogens is 2. The van der Waals surface area contributed by atoms with E-state index in [4.69, 9.17) is 11.6 Å². The van der Waals surface area contributed by atoms with E-state index in [1.54, 1.807) is 0 Å². The second-order valence-electron chi connectivity index (χ2n) is 5.26. The Morgan fingerprint density at radius 3 is 2.60 bits per heavy atom. The molecule has 20 heavy (non-hydrogen) atoms. The van der Waals surface area contributed by atoms with E-state index < -0.39 is 6.10 Å². The highest BCUT2D eigenvalue weighted by Crippen LogP contribution is 2.25. The third-order valence-corrected chi connectivity index (χ3v) is 4.04. The molecule has 2 aromatic rings. The largest absolute Gasteiger partial charge is 0.388 e. The molecular weight excluding hydrogens is 272 g/mol. The van der Waals surface area contributed by atoms with Crippen molar-refractivity contribution in [2.24, 2.45) is 0 Å². The van der Waals surface area contributed by atoms with Crippen LogP contribution in [0.25, 0.3) is 0 Å². The topological polar surface area (TPSA) is 38.1 Å². The number of nitrogens with zero attached hydrogens (tertiary/aromatic N) is 2. The van der Waals surface area contributed by atoms with Gasteiger partial charge in [-0.1, -0.05) is 30.7 Å². The van der Waals surface area contributed by atoms with Crippen molar-refractivity contribution < 1.29 is 5.11 Å². The van der Waals surface area contributed by atoms with Gasteiger partial charge in [0, 0.05) is 16.3 Å². The summed E-state index contributed by atoms with van der Waals surface area (Å²) in [7, 11) is 0. The molecule has 1 N–H and O–H groups in total. The number of aryl methyl sites for hydroxylation is 2. The van der Waals surface area contributed by atoms with Crippen molar-refractivity contribution in [1.29, 1.82) is 0 Å². The second-order valence-corrected chi connectivity index (χ2v) is 5.67. The average Bonchev–Trinajstić information content (AvgIpc) is 2.67. The summed E-state index contributed by atoms with van der Waals surface area (Å²) in [6.45, 7) is 8.55.